The lowest BCUT2D eigenvalue weighted by atomic mass is 9.95. The molecular weight excluding hydrogens is 823 g/mol. The fourth-order valence-corrected chi connectivity index (χ4v) is 10.9. The number of hydrogen-bond donors (Lipinski definition) is 1. The Hall–Kier alpha value is -7.78. The molecule has 0 unspecified atom stereocenters. The van der Waals surface area contributed by atoms with Gasteiger partial charge in [0.2, 0.25) is 0 Å². The number of fused-ring (bicyclic) bond motifs is 6. The van der Waals surface area contributed by atoms with E-state index in [2.05, 4.69) is 176 Å². The molecule has 0 bridgehead atoms. The van der Waals surface area contributed by atoms with Crippen LogP contribution in [0.4, 0.5) is 0 Å². The Morgan fingerprint density at radius 3 is 1.69 bits per heavy atom. The predicted octanol–water partition coefficient (Wildman–Crippen LogP) is 14.6. The summed E-state index contributed by atoms with van der Waals surface area (Å²) in [4.78, 5) is 18.6. The molecule has 0 saturated carbocycles. The number of aryl methyl sites for hydroxylation is 2. The molecule has 306 valence electrons. The van der Waals surface area contributed by atoms with Gasteiger partial charge in [0.15, 0.2) is 0 Å². The number of aliphatic imine (C=N–C) groups is 1. The van der Waals surface area contributed by atoms with Crippen LogP contribution in [0.15, 0.2) is 186 Å². The highest BCUT2D eigenvalue weighted by Crippen LogP contribution is 2.47. The Morgan fingerprint density at radius 1 is 0.516 bits per heavy atom. The van der Waals surface area contributed by atoms with Gasteiger partial charge in [0.05, 0.1) is 27.6 Å². The minimum Gasteiger partial charge on any atom is -0.344 e. The number of thiazole rings is 2. The summed E-state index contributed by atoms with van der Waals surface area (Å²) in [7, 11) is 0. The molecule has 1 aliphatic rings. The molecule has 0 radical (unpaired) electrons. The van der Waals surface area contributed by atoms with Crippen LogP contribution >= 0.6 is 22.7 Å². The van der Waals surface area contributed by atoms with Crippen molar-refractivity contribution in [3.05, 3.63) is 203 Å². The predicted molar refractivity (Wildman–Crippen MR) is 269 cm³/mol. The summed E-state index contributed by atoms with van der Waals surface area (Å²) in [6.45, 7) is 4.46. The number of rotatable bonds is 7. The van der Waals surface area contributed by atoms with Crippen LogP contribution in [0.5, 0.6) is 0 Å². The third-order valence-electron chi connectivity index (χ3n) is 12.1. The van der Waals surface area contributed by atoms with Crippen molar-refractivity contribution in [3.63, 3.8) is 0 Å². The Bertz CT molecular complexity index is 3720. The van der Waals surface area contributed by atoms with Crippen LogP contribution in [0, 0.1) is 13.8 Å². The SMILES string of the molecule is Cc1cc(C2=CN=CC=C=C2c2nccs2)cc2c3cccc(-c4cccc5c6cc(-c7cnccc7-c7nccs7)cc(C)c6n(-c6ccccc6)c45)c3n(-c3ccccc3)c12.N. The Labute approximate surface area is 377 Å². The fraction of sp³-hybridized carbons (Fsp3) is 0.0364. The van der Waals surface area contributed by atoms with Gasteiger partial charge in [-0.15, -0.1) is 28.4 Å². The molecule has 6 aromatic carbocycles. The molecular formula is C55H39N7S2. The van der Waals surface area contributed by atoms with E-state index in [4.69, 9.17) is 0 Å². The first kappa shape index (κ1) is 39.1. The first-order valence-corrected chi connectivity index (χ1v) is 22.6. The second-order valence-corrected chi connectivity index (χ2v) is 17.5. The lowest BCUT2D eigenvalue weighted by molar-refractivity contribution is 1.16. The van der Waals surface area contributed by atoms with E-state index in [0.717, 1.165) is 82.5 Å². The molecule has 0 saturated heterocycles. The second-order valence-electron chi connectivity index (χ2n) is 15.7. The Morgan fingerprint density at radius 2 is 1.09 bits per heavy atom. The zero-order valence-electron chi connectivity index (χ0n) is 35.0. The van der Waals surface area contributed by atoms with Crippen LogP contribution in [-0.4, -0.2) is 30.3 Å². The molecule has 0 fully saturated rings. The van der Waals surface area contributed by atoms with Crippen molar-refractivity contribution in [1.29, 1.82) is 0 Å². The highest BCUT2D eigenvalue weighted by molar-refractivity contribution is 7.13. The van der Waals surface area contributed by atoms with Gasteiger partial charge in [-0.2, -0.15) is 0 Å². The molecule has 11 aromatic rings. The van der Waals surface area contributed by atoms with Crippen molar-refractivity contribution in [1.82, 2.24) is 30.2 Å². The molecule has 3 N–H and O–H groups in total. The van der Waals surface area contributed by atoms with E-state index in [-0.39, 0.29) is 6.15 Å². The first-order valence-electron chi connectivity index (χ1n) is 20.8. The third kappa shape index (κ3) is 6.21. The van der Waals surface area contributed by atoms with Gasteiger partial charge in [-0.25, -0.2) is 9.97 Å². The van der Waals surface area contributed by atoms with Gasteiger partial charge in [-0.1, -0.05) is 72.8 Å². The molecule has 0 amide bonds. The average Bonchev–Trinajstić information content (AvgIpc) is 4.15. The molecule has 5 aromatic heterocycles. The second kappa shape index (κ2) is 15.8. The number of hydrogen-bond acceptors (Lipinski definition) is 7. The van der Waals surface area contributed by atoms with E-state index in [1.165, 1.54) is 38.1 Å². The minimum atomic E-state index is 0. The van der Waals surface area contributed by atoms with E-state index in [9.17, 15) is 0 Å². The summed E-state index contributed by atoms with van der Waals surface area (Å²) < 4.78 is 4.94. The van der Waals surface area contributed by atoms with Gasteiger partial charge in [0, 0.05) is 109 Å². The van der Waals surface area contributed by atoms with Crippen molar-refractivity contribution in [2.24, 2.45) is 4.99 Å². The zero-order chi connectivity index (χ0) is 42.0. The zero-order valence-corrected chi connectivity index (χ0v) is 36.7. The van der Waals surface area contributed by atoms with Crippen molar-refractivity contribution >= 4 is 83.6 Å². The van der Waals surface area contributed by atoms with E-state index in [0.29, 0.717) is 0 Å². The Balaban J connectivity index is 0.00000456. The number of allylic oxidation sites excluding steroid dienone is 2. The topological polar surface area (TPSA) is 95.9 Å². The van der Waals surface area contributed by atoms with Crippen LogP contribution in [0.3, 0.4) is 0 Å². The van der Waals surface area contributed by atoms with Crippen LogP contribution in [0.2, 0.25) is 0 Å². The molecule has 0 aliphatic carbocycles. The molecule has 9 heteroatoms. The highest BCUT2D eigenvalue weighted by atomic mass is 32.1. The number of para-hydroxylation sites is 4. The number of pyridine rings is 1. The minimum absolute atomic E-state index is 0. The van der Waals surface area contributed by atoms with Gasteiger partial charge < -0.3 is 15.3 Å². The maximum atomic E-state index is 4.69. The lowest BCUT2D eigenvalue weighted by Crippen LogP contribution is -1.99. The van der Waals surface area contributed by atoms with Crippen LogP contribution < -0.4 is 6.15 Å². The molecule has 64 heavy (non-hydrogen) atoms. The normalized spacial score (nSPS) is 12.5. The molecule has 12 rings (SSSR count). The van der Waals surface area contributed by atoms with Crippen molar-refractivity contribution in [2.75, 3.05) is 0 Å². The van der Waals surface area contributed by atoms with Gasteiger partial charge in [-0.3, -0.25) is 9.98 Å². The first-order chi connectivity index (χ1) is 31.1. The van der Waals surface area contributed by atoms with Crippen LogP contribution in [0.1, 0.15) is 21.7 Å². The fourth-order valence-electron chi connectivity index (χ4n) is 9.54. The monoisotopic (exact) mass is 861 g/mol. The maximum Gasteiger partial charge on any atom is 0.131 e. The quantitative estimate of drug-likeness (QED) is 0.161. The largest absolute Gasteiger partial charge is 0.344 e. The van der Waals surface area contributed by atoms with Crippen molar-refractivity contribution in [2.45, 2.75) is 13.8 Å². The van der Waals surface area contributed by atoms with Crippen molar-refractivity contribution < 1.29 is 0 Å². The smallest absolute Gasteiger partial charge is 0.131 e. The molecule has 7 nitrogen and oxygen atoms in total. The number of aromatic nitrogens is 5. The molecule has 1 aliphatic heterocycles. The van der Waals surface area contributed by atoms with Crippen LogP contribution in [0.25, 0.3) is 99.0 Å². The summed E-state index contributed by atoms with van der Waals surface area (Å²) in [6.07, 6.45) is 13.1. The van der Waals surface area contributed by atoms with Gasteiger partial charge in [0.1, 0.15) is 10.0 Å². The summed E-state index contributed by atoms with van der Waals surface area (Å²) >= 11 is 3.26. The average molecular weight is 862 g/mol. The highest BCUT2D eigenvalue weighted by Gasteiger charge is 2.25. The van der Waals surface area contributed by atoms with Gasteiger partial charge in [-0.05, 0) is 96.8 Å². The van der Waals surface area contributed by atoms with E-state index in [1.54, 1.807) is 28.9 Å². The summed E-state index contributed by atoms with van der Waals surface area (Å²) in [5.41, 5.74) is 21.3. The van der Waals surface area contributed by atoms with Gasteiger partial charge in [0.25, 0.3) is 0 Å². The van der Waals surface area contributed by atoms with E-state index < -0.39 is 0 Å². The number of nitrogens with zero attached hydrogens (tertiary/aromatic N) is 6. The summed E-state index contributed by atoms with van der Waals surface area (Å²) in [5.74, 6) is 0. The molecule has 0 atom stereocenters. The lowest BCUT2D eigenvalue weighted by Gasteiger charge is -2.16. The summed E-state index contributed by atoms with van der Waals surface area (Å²) in [6, 6.07) is 46.5. The third-order valence-corrected chi connectivity index (χ3v) is 13.7. The van der Waals surface area contributed by atoms with E-state index in [1.807, 2.05) is 47.8 Å². The number of benzene rings is 6. The van der Waals surface area contributed by atoms with Crippen molar-refractivity contribution in [3.8, 4) is 44.2 Å². The molecule has 6 heterocycles. The van der Waals surface area contributed by atoms with E-state index >= 15 is 0 Å². The Kier molecular flexibility index (Phi) is 9.68. The van der Waals surface area contributed by atoms with Crippen LogP contribution in [-0.2, 0) is 0 Å². The maximum absolute atomic E-state index is 4.69. The molecule has 0 spiro atoms. The summed E-state index contributed by atoms with van der Waals surface area (Å²) in [5, 5.41) is 10.7. The standard InChI is InChI=1S/C55H36N6S2.H3N/c1-34-28-36(48-32-56-22-11-20-44(48)54-58-24-26-62-54)30-46-42-18-9-16-40(52(42)60(50(34)46)38-12-5-3-6-13-38)41-17-10-19-43-47-31-37(49-33-57-23-21-45(49)55-59-25-27-63-55)29-35(2)51(47)61(53(41)43)39-14-7-4-8-15-39;/h3-19,21-33H,1-2H3;1H3. The van der Waals surface area contributed by atoms with Gasteiger partial charge >= 0.3 is 0 Å².